The third-order valence-electron chi connectivity index (χ3n) is 3.84. The molecule has 1 aliphatic rings. The lowest BCUT2D eigenvalue weighted by atomic mass is 10.0. The normalized spacial score (nSPS) is 24.4. The van der Waals surface area contributed by atoms with Crippen LogP contribution in [0.4, 0.5) is 0 Å². The Kier molecular flexibility index (Phi) is 8.11. The van der Waals surface area contributed by atoms with E-state index >= 15 is 0 Å². The van der Waals surface area contributed by atoms with Gasteiger partial charge in [0.15, 0.2) is 0 Å². The van der Waals surface area contributed by atoms with E-state index in [1.165, 1.54) is 32.6 Å². The van der Waals surface area contributed by atoms with Crippen LogP contribution in [0.1, 0.15) is 78.6 Å². The molecule has 0 aromatic rings. The first-order chi connectivity index (χ1) is 9.17. The van der Waals surface area contributed by atoms with E-state index in [4.69, 9.17) is 9.47 Å². The minimum atomic E-state index is -0.179. The van der Waals surface area contributed by atoms with Gasteiger partial charge in [0.05, 0.1) is 12.2 Å². The second kappa shape index (κ2) is 9.35. The van der Waals surface area contributed by atoms with E-state index in [0.717, 1.165) is 32.1 Å². The topological polar surface area (TPSA) is 35.5 Å². The van der Waals surface area contributed by atoms with Crippen molar-refractivity contribution in [2.75, 3.05) is 0 Å². The van der Waals surface area contributed by atoms with E-state index in [0.29, 0.717) is 6.10 Å². The largest absolute Gasteiger partial charge is 0.460 e. The molecule has 0 radical (unpaired) electrons. The van der Waals surface area contributed by atoms with Gasteiger partial charge in [-0.2, -0.15) is 0 Å². The summed E-state index contributed by atoms with van der Waals surface area (Å²) < 4.78 is 11.5. The first kappa shape index (κ1) is 16.5. The van der Waals surface area contributed by atoms with Gasteiger partial charge < -0.3 is 9.47 Å². The second-order valence-electron chi connectivity index (χ2n) is 5.66. The summed E-state index contributed by atoms with van der Waals surface area (Å²) >= 11 is 0. The predicted octanol–water partition coefficient (Wildman–Crippen LogP) is 4.24. The minimum Gasteiger partial charge on any atom is -0.460 e. The maximum absolute atomic E-state index is 11.2. The van der Waals surface area contributed by atoms with Gasteiger partial charge in [-0.25, -0.2) is 0 Å². The molecule has 19 heavy (non-hydrogen) atoms. The van der Waals surface area contributed by atoms with E-state index < -0.39 is 0 Å². The fourth-order valence-electron chi connectivity index (χ4n) is 2.78. The average Bonchev–Trinajstić information content (AvgIpc) is 2.83. The van der Waals surface area contributed by atoms with Gasteiger partial charge in [-0.3, -0.25) is 4.79 Å². The molecule has 1 fully saturated rings. The number of hydrogen-bond donors (Lipinski definition) is 0. The lowest BCUT2D eigenvalue weighted by Gasteiger charge is -2.23. The first-order valence-electron chi connectivity index (χ1n) is 8.00. The molecule has 1 aliphatic heterocycles. The smallest absolute Gasteiger partial charge is 0.302 e. The molecule has 3 nitrogen and oxygen atoms in total. The van der Waals surface area contributed by atoms with Crippen molar-refractivity contribution >= 4 is 5.97 Å². The Labute approximate surface area is 118 Å². The molecule has 3 atom stereocenters. The Morgan fingerprint density at radius 2 is 1.95 bits per heavy atom. The molecule has 0 aromatic heterocycles. The van der Waals surface area contributed by atoms with Gasteiger partial charge in [-0.05, 0) is 32.1 Å². The third-order valence-corrected chi connectivity index (χ3v) is 3.84. The van der Waals surface area contributed by atoms with Gasteiger partial charge in [0.2, 0.25) is 0 Å². The van der Waals surface area contributed by atoms with Crippen molar-refractivity contribution in [3.05, 3.63) is 0 Å². The molecule has 0 saturated carbocycles. The highest BCUT2D eigenvalue weighted by atomic mass is 16.6. The SMILES string of the molecule is CCCCC[C@@H](OC(C)=O)[C@H]1CCC(CCCC)O1. The summed E-state index contributed by atoms with van der Waals surface area (Å²) in [6.07, 6.45) is 10.7. The van der Waals surface area contributed by atoms with Crippen molar-refractivity contribution in [3.8, 4) is 0 Å². The Balaban J connectivity index is 2.39. The Morgan fingerprint density at radius 3 is 2.58 bits per heavy atom. The van der Waals surface area contributed by atoms with Crippen LogP contribution in [-0.2, 0) is 14.3 Å². The summed E-state index contributed by atoms with van der Waals surface area (Å²) in [4.78, 5) is 11.2. The van der Waals surface area contributed by atoms with E-state index in [1.54, 1.807) is 0 Å². The van der Waals surface area contributed by atoms with E-state index in [1.807, 2.05) is 0 Å². The van der Waals surface area contributed by atoms with Crippen LogP contribution in [0.5, 0.6) is 0 Å². The molecular formula is C16H30O3. The standard InChI is InChI=1S/C16H30O3/c1-4-6-8-10-15(18-13(3)17)16-12-11-14(19-16)9-7-5-2/h14-16H,4-12H2,1-3H3/t14?,15-,16-/m1/s1. The number of ether oxygens (including phenoxy) is 2. The van der Waals surface area contributed by atoms with E-state index in [-0.39, 0.29) is 18.2 Å². The summed E-state index contributed by atoms with van der Waals surface area (Å²) in [5.41, 5.74) is 0. The van der Waals surface area contributed by atoms with Crippen LogP contribution >= 0.6 is 0 Å². The quantitative estimate of drug-likeness (QED) is 0.464. The third kappa shape index (κ3) is 6.42. The van der Waals surface area contributed by atoms with Crippen LogP contribution < -0.4 is 0 Å². The highest BCUT2D eigenvalue weighted by molar-refractivity contribution is 5.66. The van der Waals surface area contributed by atoms with Crippen molar-refractivity contribution in [1.29, 1.82) is 0 Å². The zero-order chi connectivity index (χ0) is 14.1. The molecule has 1 rings (SSSR count). The monoisotopic (exact) mass is 270 g/mol. The molecule has 1 unspecified atom stereocenters. The highest BCUT2D eigenvalue weighted by Gasteiger charge is 2.32. The molecule has 112 valence electrons. The van der Waals surface area contributed by atoms with Gasteiger partial charge in [0.1, 0.15) is 6.10 Å². The number of carbonyl (C=O) groups excluding carboxylic acids is 1. The lowest BCUT2D eigenvalue weighted by Crippen LogP contribution is -2.31. The molecular weight excluding hydrogens is 240 g/mol. The Hall–Kier alpha value is -0.570. The lowest BCUT2D eigenvalue weighted by molar-refractivity contribution is -0.155. The van der Waals surface area contributed by atoms with Crippen LogP contribution in [0.2, 0.25) is 0 Å². The fourth-order valence-corrected chi connectivity index (χ4v) is 2.78. The molecule has 0 aromatic carbocycles. The molecule has 0 N–H and O–H groups in total. The van der Waals surface area contributed by atoms with E-state index in [2.05, 4.69) is 13.8 Å². The number of esters is 1. The van der Waals surface area contributed by atoms with Gasteiger partial charge >= 0.3 is 5.97 Å². The van der Waals surface area contributed by atoms with Crippen LogP contribution in [0.15, 0.2) is 0 Å². The van der Waals surface area contributed by atoms with Crippen LogP contribution in [-0.4, -0.2) is 24.3 Å². The molecule has 1 heterocycles. The van der Waals surface area contributed by atoms with Crippen LogP contribution in [0.25, 0.3) is 0 Å². The van der Waals surface area contributed by atoms with Crippen molar-refractivity contribution < 1.29 is 14.3 Å². The maximum Gasteiger partial charge on any atom is 0.302 e. The fraction of sp³-hybridized carbons (Fsp3) is 0.938. The van der Waals surface area contributed by atoms with Crippen molar-refractivity contribution in [2.24, 2.45) is 0 Å². The molecule has 1 saturated heterocycles. The Morgan fingerprint density at radius 1 is 1.21 bits per heavy atom. The van der Waals surface area contributed by atoms with Crippen molar-refractivity contribution in [1.82, 2.24) is 0 Å². The second-order valence-corrected chi connectivity index (χ2v) is 5.66. The van der Waals surface area contributed by atoms with Crippen molar-refractivity contribution in [3.63, 3.8) is 0 Å². The summed E-state index contributed by atoms with van der Waals surface area (Å²) in [5, 5.41) is 0. The van der Waals surface area contributed by atoms with E-state index in [9.17, 15) is 4.79 Å². The average molecular weight is 270 g/mol. The number of unbranched alkanes of at least 4 members (excludes halogenated alkanes) is 3. The van der Waals surface area contributed by atoms with Crippen molar-refractivity contribution in [2.45, 2.75) is 96.9 Å². The molecule has 0 amide bonds. The number of rotatable bonds is 9. The van der Waals surface area contributed by atoms with Gasteiger partial charge in [-0.1, -0.05) is 39.5 Å². The summed E-state index contributed by atoms with van der Waals surface area (Å²) in [5.74, 6) is -0.179. The molecule has 0 bridgehead atoms. The van der Waals surface area contributed by atoms with Crippen LogP contribution in [0.3, 0.4) is 0 Å². The molecule has 3 heteroatoms. The summed E-state index contributed by atoms with van der Waals surface area (Å²) in [7, 11) is 0. The van der Waals surface area contributed by atoms with Gasteiger partial charge in [0, 0.05) is 6.92 Å². The zero-order valence-electron chi connectivity index (χ0n) is 12.8. The summed E-state index contributed by atoms with van der Waals surface area (Å²) in [6.45, 7) is 5.89. The Bertz CT molecular complexity index is 252. The predicted molar refractivity (Wildman–Crippen MR) is 77.1 cm³/mol. The number of hydrogen-bond acceptors (Lipinski definition) is 3. The van der Waals surface area contributed by atoms with Gasteiger partial charge in [-0.15, -0.1) is 0 Å². The first-order valence-corrected chi connectivity index (χ1v) is 8.00. The van der Waals surface area contributed by atoms with Crippen LogP contribution in [0, 0.1) is 0 Å². The van der Waals surface area contributed by atoms with Gasteiger partial charge in [0.25, 0.3) is 0 Å². The molecule has 0 aliphatic carbocycles. The minimum absolute atomic E-state index is 0.0318. The number of carbonyl (C=O) groups is 1. The highest BCUT2D eigenvalue weighted by Crippen LogP contribution is 2.29. The zero-order valence-corrected chi connectivity index (χ0v) is 12.8. The summed E-state index contributed by atoms with van der Waals surface area (Å²) in [6, 6.07) is 0. The maximum atomic E-state index is 11.2. The molecule has 0 spiro atoms.